The van der Waals surface area contributed by atoms with Crippen LogP contribution in [0.3, 0.4) is 0 Å². The van der Waals surface area contributed by atoms with E-state index in [2.05, 4.69) is 19.3 Å². The topological polar surface area (TPSA) is 72.1 Å². The van der Waals surface area contributed by atoms with Crippen LogP contribution in [0.25, 0.3) is 16.9 Å². The van der Waals surface area contributed by atoms with Crippen LogP contribution >= 0.6 is 0 Å². The van der Waals surface area contributed by atoms with Gasteiger partial charge < -0.3 is 19.5 Å². The molecule has 1 fully saturated rings. The first kappa shape index (κ1) is 15.5. The Labute approximate surface area is 150 Å². The monoisotopic (exact) mass is 352 g/mol. The van der Waals surface area contributed by atoms with Gasteiger partial charge in [-0.2, -0.15) is 0 Å². The van der Waals surface area contributed by atoms with Crippen molar-refractivity contribution in [2.45, 2.75) is 18.9 Å². The number of imidazole rings is 1. The van der Waals surface area contributed by atoms with Gasteiger partial charge in [-0.3, -0.25) is 9.38 Å². The minimum atomic E-state index is -0.210. The van der Waals surface area contributed by atoms with Crippen LogP contribution in [0.1, 0.15) is 12.8 Å². The van der Waals surface area contributed by atoms with E-state index in [4.69, 9.17) is 9.47 Å². The van der Waals surface area contributed by atoms with Gasteiger partial charge in [0.05, 0.1) is 30.4 Å². The lowest BCUT2D eigenvalue weighted by Crippen LogP contribution is -2.36. The zero-order chi connectivity index (χ0) is 17.5. The second-order valence-electron chi connectivity index (χ2n) is 6.68. The SMILES string of the molecule is OC1CCN(c2cncc3ncc(-c4ccc5c(c4)OCCO5)n23)CC1. The number of fused-ring (bicyclic) bond motifs is 2. The maximum Gasteiger partial charge on any atom is 0.162 e. The molecule has 0 spiro atoms. The molecule has 0 unspecified atom stereocenters. The summed E-state index contributed by atoms with van der Waals surface area (Å²) in [7, 11) is 0. The highest BCUT2D eigenvalue weighted by molar-refractivity contribution is 5.69. The van der Waals surface area contributed by atoms with E-state index in [1.54, 1.807) is 6.20 Å². The predicted octanol–water partition coefficient (Wildman–Crippen LogP) is 2.13. The number of ether oxygens (including phenoxy) is 2. The number of rotatable bonds is 2. The summed E-state index contributed by atoms with van der Waals surface area (Å²) in [6.07, 6.45) is 6.83. The first-order valence-electron chi connectivity index (χ1n) is 8.94. The van der Waals surface area contributed by atoms with Gasteiger partial charge in [-0.1, -0.05) is 0 Å². The van der Waals surface area contributed by atoms with E-state index in [0.29, 0.717) is 13.2 Å². The summed E-state index contributed by atoms with van der Waals surface area (Å²) in [6, 6.07) is 5.98. The van der Waals surface area contributed by atoms with Crippen molar-refractivity contribution in [3.63, 3.8) is 0 Å². The Bertz CT molecular complexity index is 947. The van der Waals surface area contributed by atoms with Crippen LogP contribution in [-0.2, 0) is 0 Å². The van der Waals surface area contributed by atoms with Gasteiger partial charge in [0, 0.05) is 18.7 Å². The molecular weight excluding hydrogens is 332 g/mol. The van der Waals surface area contributed by atoms with Gasteiger partial charge in [0.1, 0.15) is 19.0 Å². The summed E-state index contributed by atoms with van der Waals surface area (Å²) in [6.45, 7) is 2.76. The maximum absolute atomic E-state index is 9.81. The van der Waals surface area contributed by atoms with Crippen molar-refractivity contribution in [2.24, 2.45) is 0 Å². The van der Waals surface area contributed by atoms with Gasteiger partial charge in [0.2, 0.25) is 0 Å². The molecule has 1 saturated heterocycles. The van der Waals surface area contributed by atoms with E-state index in [1.807, 2.05) is 30.6 Å². The van der Waals surface area contributed by atoms with Crippen LogP contribution in [0.2, 0.25) is 0 Å². The average Bonchev–Trinajstić information content (AvgIpc) is 3.12. The Kier molecular flexibility index (Phi) is 3.67. The molecule has 0 radical (unpaired) electrons. The second-order valence-corrected chi connectivity index (χ2v) is 6.68. The number of aliphatic hydroxyl groups is 1. The van der Waals surface area contributed by atoms with Crippen molar-refractivity contribution in [3.8, 4) is 22.8 Å². The number of piperidine rings is 1. The van der Waals surface area contributed by atoms with Gasteiger partial charge in [-0.25, -0.2) is 4.98 Å². The van der Waals surface area contributed by atoms with Crippen molar-refractivity contribution in [1.29, 1.82) is 0 Å². The average molecular weight is 352 g/mol. The van der Waals surface area contributed by atoms with Crippen LogP contribution in [0.4, 0.5) is 5.82 Å². The molecule has 7 nitrogen and oxygen atoms in total. The minimum absolute atomic E-state index is 0.210. The smallest absolute Gasteiger partial charge is 0.162 e. The largest absolute Gasteiger partial charge is 0.486 e. The van der Waals surface area contributed by atoms with E-state index in [1.165, 1.54) is 0 Å². The molecular formula is C19H20N4O3. The van der Waals surface area contributed by atoms with Crippen LogP contribution in [-0.4, -0.2) is 51.9 Å². The van der Waals surface area contributed by atoms with Crippen molar-refractivity contribution >= 4 is 11.5 Å². The normalized spacial score (nSPS) is 17.7. The fraction of sp³-hybridized carbons (Fsp3) is 0.368. The van der Waals surface area contributed by atoms with Crippen molar-refractivity contribution in [2.75, 3.05) is 31.2 Å². The second kappa shape index (κ2) is 6.17. The van der Waals surface area contributed by atoms with Crippen molar-refractivity contribution in [1.82, 2.24) is 14.4 Å². The van der Waals surface area contributed by atoms with Crippen LogP contribution in [0.15, 0.2) is 36.8 Å². The maximum atomic E-state index is 9.81. The Morgan fingerprint density at radius 1 is 1.00 bits per heavy atom. The van der Waals surface area contributed by atoms with Gasteiger partial charge in [0.15, 0.2) is 17.1 Å². The zero-order valence-corrected chi connectivity index (χ0v) is 14.3. The van der Waals surface area contributed by atoms with Crippen LogP contribution in [0.5, 0.6) is 11.5 Å². The highest BCUT2D eigenvalue weighted by Crippen LogP contribution is 2.35. The third-order valence-corrected chi connectivity index (χ3v) is 5.02. The van der Waals surface area contributed by atoms with E-state index < -0.39 is 0 Å². The molecule has 0 amide bonds. The minimum Gasteiger partial charge on any atom is -0.486 e. The summed E-state index contributed by atoms with van der Waals surface area (Å²) in [5.41, 5.74) is 2.81. The molecule has 5 rings (SSSR count). The van der Waals surface area contributed by atoms with Gasteiger partial charge in [0.25, 0.3) is 0 Å². The van der Waals surface area contributed by atoms with E-state index in [9.17, 15) is 5.11 Å². The van der Waals surface area contributed by atoms with Crippen LogP contribution in [0, 0.1) is 0 Å². The van der Waals surface area contributed by atoms with Crippen LogP contribution < -0.4 is 14.4 Å². The molecule has 3 aromatic rings. The summed E-state index contributed by atoms with van der Waals surface area (Å²) in [4.78, 5) is 11.1. The molecule has 1 N–H and O–H groups in total. The fourth-order valence-electron chi connectivity index (χ4n) is 3.65. The van der Waals surface area contributed by atoms with E-state index >= 15 is 0 Å². The summed E-state index contributed by atoms with van der Waals surface area (Å²) in [5, 5.41) is 9.81. The van der Waals surface area contributed by atoms with Gasteiger partial charge in [-0.15, -0.1) is 0 Å². The van der Waals surface area contributed by atoms with Crippen molar-refractivity contribution < 1.29 is 14.6 Å². The molecule has 2 aromatic heterocycles. The Morgan fingerprint density at radius 3 is 2.65 bits per heavy atom. The standard InChI is InChI=1S/C19H20N4O3/c24-14-3-5-22(6-4-14)19-12-20-11-18-21-10-15(23(18)19)13-1-2-16-17(9-13)26-8-7-25-16/h1-2,9-12,14,24H,3-8H2. The van der Waals surface area contributed by atoms with Crippen molar-refractivity contribution in [3.05, 3.63) is 36.8 Å². The number of hydrogen-bond donors (Lipinski definition) is 1. The number of aromatic nitrogens is 3. The highest BCUT2D eigenvalue weighted by atomic mass is 16.6. The molecule has 0 atom stereocenters. The third-order valence-electron chi connectivity index (χ3n) is 5.02. The lowest BCUT2D eigenvalue weighted by Gasteiger charge is -2.31. The quantitative estimate of drug-likeness (QED) is 0.762. The van der Waals surface area contributed by atoms with E-state index in [0.717, 1.165) is 60.2 Å². The molecule has 2 aliphatic rings. The molecule has 134 valence electrons. The highest BCUT2D eigenvalue weighted by Gasteiger charge is 2.21. The zero-order valence-electron chi connectivity index (χ0n) is 14.3. The Balaban J connectivity index is 1.60. The molecule has 1 aromatic carbocycles. The molecule has 0 saturated carbocycles. The number of hydrogen-bond acceptors (Lipinski definition) is 6. The first-order chi connectivity index (χ1) is 12.8. The lowest BCUT2D eigenvalue weighted by atomic mass is 10.1. The summed E-state index contributed by atoms with van der Waals surface area (Å²) >= 11 is 0. The first-order valence-corrected chi connectivity index (χ1v) is 8.94. The van der Waals surface area contributed by atoms with E-state index in [-0.39, 0.29) is 6.10 Å². The number of benzene rings is 1. The Hall–Kier alpha value is -2.80. The summed E-state index contributed by atoms with van der Waals surface area (Å²) in [5.74, 6) is 2.54. The summed E-state index contributed by atoms with van der Waals surface area (Å²) < 4.78 is 13.5. The molecule has 0 bridgehead atoms. The molecule has 2 aliphatic heterocycles. The van der Waals surface area contributed by atoms with Gasteiger partial charge in [-0.05, 0) is 31.0 Å². The number of anilines is 1. The molecule has 7 heteroatoms. The lowest BCUT2D eigenvalue weighted by molar-refractivity contribution is 0.145. The number of aliphatic hydroxyl groups excluding tert-OH is 1. The number of nitrogens with zero attached hydrogens (tertiary/aromatic N) is 4. The molecule has 0 aliphatic carbocycles. The molecule has 26 heavy (non-hydrogen) atoms. The van der Waals surface area contributed by atoms with Gasteiger partial charge >= 0.3 is 0 Å². The fourth-order valence-corrected chi connectivity index (χ4v) is 3.65. The third kappa shape index (κ3) is 2.55. The molecule has 4 heterocycles. The predicted molar refractivity (Wildman–Crippen MR) is 96.9 cm³/mol. The Morgan fingerprint density at radius 2 is 1.81 bits per heavy atom.